The van der Waals surface area contributed by atoms with E-state index in [0.29, 0.717) is 12.2 Å². The standard InChI is InChI=1S/C11H15N3O4/c1-3-7(10(15)16)6-13-8-4-5-12-9(14-8)11(17)18-2/h4-5,7H,3,6H2,1-2H3,(H,15,16)(H,12,13,14). The first kappa shape index (κ1) is 13.9. The lowest BCUT2D eigenvalue weighted by molar-refractivity contribution is -0.141. The van der Waals surface area contributed by atoms with Crippen LogP contribution in [0.2, 0.25) is 0 Å². The van der Waals surface area contributed by atoms with Gasteiger partial charge in [0, 0.05) is 12.7 Å². The minimum absolute atomic E-state index is 0.0640. The van der Waals surface area contributed by atoms with Gasteiger partial charge in [-0.2, -0.15) is 0 Å². The molecule has 0 spiro atoms. The molecule has 0 radical (unpaired) electrons. The average molecular weight is 253 g/mol. The number of carbonyl (C=O) groups excluding carboxylic acids is 1. The van der Waals surface area contributed by atoms with E-state index in [4.69, 9.17) is 5.11 Å². The van der Waals surface area contributed by atoms with Crippen LogP contribution in [0.1, 0.15) is 24.0 Å². The first-order valence-corrected chi connectivity index (χ1v) is 5.46. The molecule has 98 valence electrons. The number of carbonyl (C=O) groups is 2. The third kappa shape index (κ3) is 3.69. The fourth-order valence-corrected chi connectivity index (χ4v) is 1.28. The maximum absolute atomic E-state index is 11.2. The van der Waals surface area contributed by atoms with Crippen LogP contribution in [0.5, 0.6) is 0 Å². The van der Waals surface area contributed by atoms with Gasteiger partial charge in [0.15, 0.2) is 0 Å². The van der Waals surface area contributed by atoms with Crippen molar-refractivity contribution in [2.24, 2.45) is 5.92 Å². The van der Waals surface area contributed by atoms with Crippen LogP contribution in [0.3, 0.4) is 0 Å². The van der Waals surface area contributed by atoms with E-state index in [1.807, 2.05) is 0 Å². The molecule has 1 unspecified atom stereocenters. The van der Waals surface area contributed by atoms with Crippen LogP contribution < -0.4 is 5.32 Å². The molecule has 1 heterocycles. The second-order valence-corrected chi connectivity index (χ2v) is 3.58. The van der Waals surface area contributed by atoms with Gasteiger partial charge in [-0.3, -0.25) is 4.79 Å². The molecule has 0 amide bonds. The molecule has 0 saturated carbocycles. The number of ether oxygens (including phenoxy) is 1. The summed E-state index contributed by atoms with van der Waals surface area (Å²) in [5.41, 5.74) is 0. The van der Waals surface area contributed by atoms with Crippen molar-refractivity contribution in [3.05, 3.63) is 18.1 Å². The number of carboxylic acids is 1. The number of aliphatic carboxylic acids is 1. The summed E-state index contributed by atoms with van der Waals surface area (Å²) in [5, 5.41) is 11.7. The van der Waals surface area contributed by atoms with E-state index in [9.17, 15) is 9.59 Å². The lowest BCUT2D eigenvalue weighted by atomic mass is 10.1. The van der Waals surface area contributed by atoms with Gasteiger partial charge >= 0.3 is 11.9 Å². The molecule has 1 rings (SSSR count). The highest BCUT2D eigenvalue weighted by Gasteiger charge is 2.15. The predicted molar refractivity (Wildman–Crippen MR) is 63.3 cm³/mol. The summed E-state index contributed by atoms with van der Waals surface area (Å²) in [7, 11) is 1.24. The van der Waals surface area contributed by atoms with E-state index >= 15 is 0 Å². The van der Waals surface area contributed by atoms with Crippen LogP contribution in [-0.2, 0) is 9.53 Å². The van der Waals surface area contributed by atoms with Crippen molar-refractivity contribution in [1.82, 2.24) is 9.97 Å². The van der Waals surface area contributed by atoms with Crippen LogP contribution >= 0.6 is 0 Å². The zero-order valence-electron chi connectivity index (χ0n) is 10.2. The van der Waals surface area contributed by atoms with Crippen molar-refractivity contribution in [2.45, 2.75) is 13.3 Å². The van der Waals surface area contributed by atoms with Gasteiger partial charge in [0.1, 0.15) is 5.82 Å². The van der Waals surface area contributed by atoms with Crippen LogP contribution in [0, 0.1) is 5.92 Å². The molecule has 2 N–H and O–H groups in total. The fourth-order valence-electron chi connectivity index (χ4n) is 1.28. The topological polar surface area (TPSA) is 101 Å². The van der Waals surface area contributed by atoms with Crippen LogP contribution in [-0.4, -0.2) is 40.7 Å². The Morgan fingerprint density at radius 3 is 2.83 bits per heavy atom. The number of rotatable bonds is 6. The second-order valence-electron chi connectivity index (χ2n) is 3.58. The number of aromatic nitrogens is 2. The number of methoxy groups -OCH3 is 1. The highest BCUT2D eigenvalue weighted by Crippen LogP contribution is 2.07. The molecule has 0 saturated heterocycles. The van der Waals surface area contributed by atoms with Gasteiger partial charge in [-0.15, -0.1) is 0 Å². The summed E-state index contributed by atoms with van der Waals surface area (Å²) in [5.74, 6) is -1.67. The predicted octanol–water partition coefficient (Wildman–Crippen LogP) is 0.786. The summed E-state index contributed by atoms with van der Waals surface area (Å²) < 4.78 is 4.49. The molecule has 0 aliphatic heterocycles. The third-order valence-corrected chi connectivity index (χ3v) is 2.40. The molecular formula is C11H15N3O4. The Kier molecular flexibility index (Phi) is 5.04. The molecule has 0 aliphatic rings. The highest BCUT2D eigenvalue weighted by atomic mass is 16.5. The first-order valence-electron chi connectivity index (χ1n) is 5.46. The lowest BCUT2D eigenvalue weighted by Crippen LogP contribution is -2.22. The smallest absolute Gasteiger partial charge is 0.376 e. The molecule has 1 atom stereocenters. The van der Waals surface area contributed by atoms with Gasteiger partial charge in [0.25, 0.3) is 0 Å². The zero-order chi connectivity index (χ0) is 13.5. The Hall–Kier alpha value is -2.18. The van der Waals surface area contributed by atoms with Crippen LogP contribution in [0.25, 0.3) is 0 Å². The van der Waals surface area contributed by atoms with E-state index < -0.39 is 17.9 Å². The molecule has 1 aromatic heterocycles. The van der Waals surface area contributed by atoms with E-state index in [1.54, 1.807) is 13.0 Å². The Morgan fingerprint density at radius 1 is 1.56 bits per heavy atom. The highest BCUT2D eigenvalue weighted by molar-refractivity contribution is 5.85. The van der Waals surface area contributed by atoms with Gasteiger partial charge in [0.2, 0.25) is 5.82 Å². The van der Waals surface area contributed by atoms with Crippen molar-refractivity contribution in [1.29, 1.82) is 0 Å². The number of nitrogens with one attached hydrogen (secondary N) is 1. The van der Waals surface area contributed by atoms with Crippen molar-refractivity contribution < 1.29 is 19.4 Å². The molecule has 7 heteroatoms. The lowest BCUT2D eigenvalue weighted by Gasteiger charge is -2.11. The van der Waals surface area contributed by atoms with E-state index in [0.717, 1.165) is 0 Å². The van der Waals surface area contributed by atoms with E-state index in [-0.39, 0.29) is 12.4 Å². The quantitative estimate of drug-likeness (QED) is 0.722. The third-order valence-electron chi connectivity index (χ3n) is 2.40. The molecule has 18 heavy (non-hydrogen) atoms. The molecule has 7 nitrogen and oxygen atoms in total. The summed E-state index contributed by atoms with van der Waals surface area (Å²) in [6, 6.07) is 1.56. The Balaban J connectivity index is 2.68. The average Bonchev–Trinajstić information content (AvgIpc) is 2.38. The molecule has 0 aromatic carbocycles. The van der Waals surface area contributed by atoms with Crippen molar-refractivity contribution in [3.8, 4) is 0 Å². The summed E-state index contributed by atoms with van der Waals surface area (Å²) in [4.78, 5) is 29.7. The molecule has 1 aromatic rings. The first-order chi connectivity index (χ1) is 8.58. The number of nitrogens with zero attached hydrogens (tertiary/aromatic N) is 2. The Labute approximate surface area is 104 Å². The molecule has 0 aliphatic carbocycles. The number of esters is 1. The Morgan fingerprint density at radius 2 is 2.28 bits per heavy atom. The number of hydrogen-bond donors (Lipinski definition) is 2. The van der Waals surface area contributed by atoms with Gasteiger partial charge < -0.3 is 15.2 Å². The fraction of sp³-hybridized carbons (Fsp3) is 0.455. The van der Waals surface area contributed by atoms with E-state index in [2.05, 4.69) is 20.0 Å². The summed E-state index contributed by atoms with van der Waals surface area (Å²) >= 11 is 0. The number of hydrogen-bond acceptors (Lipinski definition) is 6. The van der Waals surface area contributed by atoms with Gasteiger partial charge in [-0.05, 0) is 12.5 Å². The minimum Gasteiger partial charge on any atom is -0.481 e. The van der Waals surface area contributed by atoms with Crippen LogP contribution in [0.4, 0.5) is 5.82 Å². The molecule has 0 fully saturated rings. The van der Waals surface area contributed by atoms with Crippen molar-refractivity contribution >= 4 is 17.8 Å². The zero-order valence-corrected chi connectivity index (χ0v) is 10.2. The summed E-state index contributed by atoms with van der Waals surface area (Å²) in [6.07, 6.45) is 1.92. The Bertz CT molecular complexity index is 436. The number of carboxylic acid groups (broad SMARTS) is 1. The second kappa shape index (κ2) is 6.53. The molecular weight excluding hydrogens is 238 g/mol. The van der Waals surface area contributed by atoms with Crippen molar-refractivity contribution in [2.75, 3.05) is 19.0 Å². The monoisotopic (exact) mass is 253 g/mol. The van der Waals surface area contributed by atoms with Crippen LogP contribution in [0.15, 0.2) is 12.3 Å². The van der Waals surface area contributed by atoms with E-state index in [1.165, 1.54) is 13.3 Å². The largest absolute Gasteiger partial charge is 0.481 e. The maximum Gasteiger partial charge on any atom is 0.376 e. The minimum atomic E-state index is -0.868. The maximum atomic E-state index is 11.2. The van der Waals surface area contributed by atoms with Crippen molar-refractivity contribution in [3.63, 3.8) is 0 Å². The molecule has 0 bridgehead atoms. The van der Waals surface area contributed by atoms with Gasteiger partial charge in [-0.1, -0.05) is 6.92 Å². The number of anilines is 1. The van der Waals surface area contributed by atoms with Gasteiger partial charge in [0.05, 0.1) is 13.0 Å². The SMILES string of the molecule is CCC(CNc1ccnc(C(=O)OC)n1)C(=O)O. The summed E-state index contributed by atoms with van der Waals surface area (Å²) in [6.45, 7) is 2.03. The van der Waals surface area contributed by atoms with Gasteiger partial charge in [-0.25, -0.2) is 14.8 Å². The normalized spacial score (nSPS) is 11.7.